The number of rotatable bonds is 4. The van der Waals surface area contributed by atoms with Gasteiger partial charge in [-0.2, -0.15) is 0 Å². The number of anilines is 1. The Bertz CT molecular complexity index is 1070. The number of amides is 2. The van der Waals surface area contributed by atoms with Crippen LogP contribution >= 0.6 is 11.3 Å². The highest BCUT2D eigenvalue weighted by Gasteiger charge is 2.29. The molecule has 2 aromatic carbocycles. The molecule has 1 fully saturated rings. The van der Waals surface area contributed by atoms with Crippen molar-refractivity contribution in [2.45, 2.75) is 12.8 Å². The Kier molecular flexibility index (Phi) is 5.85. The fourth-order valence-electron chi connectivity index (χ4n) is 3.47. The quantitative estimate of drug-likeness (QED) is 0.663. The van der Waals surface area contributed by atoms with Crippen molar-refractivity contribution in [1.29, 1.82) is 0 Å². The molecule has 1 aliphatic heterocycles. The maximum Gasteiger partial charge on any atom is 0.253 e. The van der Waals surface area contributed by atoms with Gasteiger partial charge >= 0.3 is 0 Å². The van der Waals surface area contributed by atoms with E-state index in [-0.39, 0.29) is 23.5 Å². The largest absolute Gasteiger partial charge is 0.338 e. The second kappa shape index (κ2) is 8.71. The SMILES string of the molecule is O=C(Nc1nc(-c2cccc(F)c2)cs1)C1CCCN(C(=O)c2ccc(F)cc2)C1. The Morgan fingerprint density at radius 1 is 1.10 bits per heavy atom. The molecule has 0 spiro atoms. The van der Waals surface area contributed by atoms with E-state index in [2.05, 4.69) is 10.3 Å². The molecule has 1 saturated heterocycles. The third kappa shape index (κ3) is 4.54. The lowest BCUT2D eigenvalue weighted by molar-refractivity contribution is -0.121. The molecular weight excluding hydrogens is 408 g/mol. The van der Waals surface area contributed by atoms with Crippen LogP contribution < -0.4 is 5.32 Å². The number of nitrogens with zero attached hydrogens (tertiary/aromatic N) is 2. The molecule has 5 nitrogen and oxygen atoms in total. The molecule has 1 aromatic heterocycles. The van der Waals surface area contributed by atoms with Crippen LogP contribution in [0.2, 0.25) is 0 Å². The van der Waals surface area contributed by atoms with E-state index in [1.807, 2.05) is 0 Å². The van der Waals surface area contributed by atoms with E-state index in [9.17, 15) is 18.4 Å². The van der Waals surface area contributed by atoms with Gasteiger partial charge < -0.3 is 10.2 Å². The van der Waals surface area contributed by atoms with E-state index in [0.29, 0.717) is 47.9 Å². The molecule has 30 heavy (non-hydrogen) atoms. The first-order chi connectivity index (χ1) is 14.5. The number of likely N-dealkylation sites (tertiary alicyclic amines) is 1. The standard InChI is InChI=1S/C22H19F2N3O2S/c23-17-8-6-14(7-9-17)21(29)27-10-2-4-16(12-27)20(28)26-22-25-19(13-30-22)15-3-1-5-18(24)11-15/h1,3,5-9,11,13,16H,2,4,10,12H2,(H,25,26,28). The number of benzene rings is 2. The van der Waals surface area contributed by atoms with Gasteiger partial charge in [-0.15, -0.1) is 11.3 Å². The summed E-state index contributed by atoms with van der Waals surface area (Å²) in [7, 11) is 0. The van der Waals surface area contributed by atoms with E-state index in [1.165, 1.54) is 47.7 Å². The van der Waals surface area contributed by atoms with Gasteiger partial charge in [0.25, 0.3) is 5.91 Å². The van der Waals surface area contributed by atoms with Gasteiger partial charge in [-0.1, -0.05) is 12.1 Å². The third-order valence-corrected chi connectivity index (χ3v) is 5.78. The van der Waals surface area contributed by atoms with Gasteiger partial charge in [0.05, 0.1) is 11.6 Å². The summed E-state index contributed by atoms with van der Waals surface area (Å²) < 4.78 is 26.5. The fraction of sp³-hybridized carbons (Fsp3) is 0.227. The van der Waals surface area contributed by atoms with E-state index in [4.69, 9.17) is 0 Å². The molecule has 1 N–H and O–H groups in total. The van der Waals surface area contributed by atoms with Crippen molar-refractivity contribution in [1.82, 2.24) is 9.88 Å². The summed E-state index contributed by atoms with van der Waals surface area (Å²) in [6.45, 7) is 0.852. The molecule has 0 saturated carbocycles. The Morgan fingerprint density at radius 3 is 2.67 bits per heavy atom. The lowest BCUT2D eigenvalue weighted by Crippen LogP contribution is -2.43. The maximum absolute atomic E-state index is 13.4. The highest BCUT2D eigenvalue weighted by molar-refractivity contribution is 7.14. The minimum atomic E-state index is -0.400. The highest BCUT2D eigenvalue weighted by atomic mass is 32.1. The van der Waals surface area contributed by atoms with Crippen LogP contribution in [-0.2, 0) is 4.79 Å². The number of piperidine rings is 1. The second-order valence-corrected chi connectivity index (χ2v) is 7.99. The van der Waals surface area contributed by atoms with Crippen molar-refractivity contribution < 1.29 is 18.4 Å². The topological polar surface area (TPSA) is 62.3 Å². The van der Waals surface area contributed by atoms with Crippen LogP contribution in [0.1, 0.15) is 23.2 Å². The van der Waals surface area contributed by atoms with Crippen molar-refractivity contribution in [3.8, 4) is 11.3 Å². The summed E-state index contributed by atoms with van der Waals surface area (Å²) in [5, 5.41) is 5.00. The minimum absolute atomic E-state index is 0.202. The van der Waals surface area contributed by atoms with Crippen molar-refractivity contribution in [3.05, 3.63) is 71.1 Å². The average Bonchev–Trinajstić information content (AvgIpc) is 3.22. The first-order valence-electron chi connectivity index (χ1n) is 9.57. The molecule has 1 unspecified atom stereocenters. The van der Waals surface area contributed by atoms with Crippen LogP contribution in [0.5, 0.6) is 0 Å². The second-order valence-electron chi connectivity index (χ2n) is 7.13. The first kappa shape index (κ1) is 20.2. The Morgan fingerprint density at radius 2 is 1.90 bits per heavy atom. The van der Waals surface area contributed by atoms with Gasteiger partial charge in [-0.05, 0) is 49.2 Å². The number of carbonyl (C=O) groups excluding carboxylic acids is 2. The number of thiazole rings is 1. The lowest BCUT2D eigenvalue weighted by atomic mass is 9.96. The smallest absolute Gasteiger partial charge is 0.253 e. The zero-order valence-electron chi connectivity index (χ0n) is 16.0. The van der Waals surface area contributed by atoms with Gasteiger partial charge in [-0.3, -0.25) is 9.59 Å². The highest BCUT2D eigenvalue weighted by Crippen LogP contribution is 2.27. The normalized spacial score (nSPS) is 16.3. The van der Waals surface area contributed by atoms with Gasteiger partial charge in [0.15, 0.2) is 5.13 Å². The number of halogens is 2. The molecule has 8 heteroatoms. The van der Waals surface area contributed by atoms with Crippen molar-refractivity contribution in [2.75, 3.05) is 18.4 Å². The van der Waals surface area contributed by atoms with E-state index < -0.39 is 5.82 Å². The van der Waals surface area contributed by atoms with E-state index in [0.717, 1.165) is 0 Å². The van der Waals surface area contributed by atoms with Crippen molar-refractivity contribution >= 4 is 28.3 Å². The number of hydrogen-bond acceptors (Lipinski definition) is 4. The van der Waals surface area contributed by atoms with Gasteiger partial charge in [0.1, 0.15) is 11.6 Å². The van der Waals surface area contributed by atoms with Crippen molar-refractivity contribution in [3.63, 3.8) is 0 Å². The Labute approximate surface area is 176 Å². The zero-order chi connectivity index (χ0) is 21.1. The molecule has 154 valence electrons. The number of hydrogen-bond donors (Lipinski definition) is 1. The molecule has 1 atom stereocenters. The van der Waals surface area contributed by atoms with Crippen molar-refractivity contribution in [2.24, 2.45) is 5.92 Å². The molecule has 3 aromatic rings. The summed E-state index contributed by atoms with van der Waals surface area (Å²) in [5.74, 6) is -1.52. The van der Waals surface area contributed by atoms with Crippen LogP contribution in [0.25, 0.3) is 11.3 Å². The van der Waals surface area contributed by atoms with E-state index in [1.54, 1.807) is 22.4 Å². The number of carbonyl (C=O) groups is 2. The Balaban J connectivity index is 1.40. The zero-order valence-corrected chi connectivity index (χ0v) is 16.8. The van der Waals surface area contributed by atoms with Crippen LogP contribution in [0.15, 0.2) is 53.9 Å². The van der Waals surface area contributed by atoms with E-state index >= 15 is 0 Å². The lowest BCUT2D eigenvalue weighted by Gasteiger charge is -2.32. The summed E-state index contributed by atoms with van der Waals surface area (Å²) in [6.07, 6.45) is 1.37. The van der Waals surface area contributed by atoms with Crippen LogP contribution in [0, 0.1) is 17.6 Å². The predicted octanol–water partition coefficient (Wildman–Crippen LogP) is 4.58. The van der Waals surface area contributed by atoms with Crippen LogP contribution in [-0.4, -0.2) is 34.8 Å². The summed E-state index contributed by atoms with van der Waals surface area (Å²) in [5.41, 5.74) is 1.63. The number of nitrogens with one attached hydrogen (secondary N) is 1. The van der Waals surface area contributed by atoms with Gasteiger partial charge in [0, 0.05) is 29.6 Å². The summed E-state index contributed by atoms with van der Waals surface area (Å²) >= 11 is 1.27. The third-order valence-electron chi connectivity index (χ3n) is 5.03. The molecule has 2 amide bonds. The number of aromatic nitrogens is 1. The molecule has 2 heterocycles. The predicted molar refractivity (Wildman–Crippen MR) is 111 cm³/mol. The molecule has 0 aliphatic carbocycles. The van der Waals surface area contributed by atoms with Crippen LogP contribution in [0.3, 0.4) is 0 Å². The van der Waals surface area contributed by atoms with Crippen LogP contribution in [0.4, 0.5) is 13.9 Å². The molecule has 0 bridgehead atoms. The maximum atomic E-state index is 13.4. The van der Waals surface area contributed by atoms with Gasteiger partial charge in [0.2, 0.25) is 5.91 Å². The molecule has 4 rings (SSSR count). The molecule has 0 radical (unpaired) electrons. The van der Waals surface area contributed by atoms with Gasteiger partial charge in [-0.25, -0.2) is 13.8 Å². The summed E-state index contributed by atoms with van der Waals surface area (Å²) in [6, 6.07) is 11.5. The Hall–Kier alpha value is -3.13. The fourth-order valence-corrected chi connectivity index (χ4v) is 4.19. The summed E-state index contributed by atoms with van der Waals surface area (Å²) in [4.78, 5) is 31.4. The monoisotopic (exact) mass is 427 g/mol. The molecular formula is C22H19F2N3O2S. The minimum Gasteiger partial charge on any atom is -0.338 e. The first-order valence-corrected chi connectivity index (χ1v) is 10.4. The molecule has 1 aliphatic rings. The average molecular weight is 427 g/mol.